The molecule has 0 saturated heterocycles. The first-order valence-electron chi connectivity index (χ1n) is 6.01. The first-order chi connectivity index (χ1) is 8.22. The molecule has 1 heterocycles. The number of carbonyl (C=O) groups is 1. The molecular formula is C13H16N2O2. The Kier molecular flexibility index (Phi) is 2.33. The van der Waals surface area contributed by atoms with Crippen LogP contribution in [0.25, 0.3) is 0 Å². The minimum atomic E-state index is -0.132. The van der Waals surface area contributed by atoms with Gasteiger partial charge in [-0.15, -0.1) is 0 Å². The standard InChI is InChI=1S/C13H16N2O2/c14-8-13(4-5-13)15-12(16)10-1-2-11-9(7-10)3-6-17-11/h1-2,7H,3-6,8,14H2,(H,15,16). The fourth-order valence-electron chi connectivity index (χ4n) is 2.17. The van der Waals surface area contributed by atoms with Crippen molar-refractivity contribution in [2.45, 2.75) is 24.8 Å². The molecule has 3 N–H and O–H groups in total. The molecule has 1 aliphatic carbocycles. The van der Waals surface area contributed by atoms with Crippen LogP contribution in [0, 0.1) is 0 Å². The van der Waals surface area contributed by atoms with Crippen LogP contribution in [0.15, 0.2) is 18.2 Å². The molecule has 1 aliphatic heterocycles. The van der Waals surface area contributed by atoms with E-state index in [1.54, 1.807) is 0 Å². The molecule has 0 aromatic heterocycles. The Morgan fingerprint density at radius 3 is 3.00 bits per heavy atom. The third-order valence-corrected chi connectivity index (χ3v) is 3.57. The van der Waals surface area contributed by atoms with Gasteiger partial charge in [0.2, 0.25) is 0 Å². The third kappa shape index (κ3) is 1.89. The van der Waals surface area contributed by atoms with Crippen LogP contribution in [0.2, 0.25) is 0 Å². The van der Waals surface area contributed by atoms with Crippen molar-refractivity contribution >= 4 is 5.91 Å². The summed E-state index contributed by atoms with van der Waals surface area (Å²) >= 11 is 0. The number of hydrogen-bond donors (Lipinski definition) is 2. The highest BCUT2D eigenvalue weighted by Crippen LogP contribution is 2.34. The van der Waals surface area contributed by atoms with Crippen molar-refractivity contribution in [2.24, 2.45) is 5.73 Å². The van der Waals surface area contributed by atoms with E-state index in [-0.39, 0.29) is 11.4 Å². The maximum Gasteiger partial charge on any atom is 0.251 e. The van der Waals surface area contributed by atoms with Crippen LogP contribution in [0.5, 0.6) is 5.75 Å². The van der Waals surface area contributed by atoms with E-state index in [0.717, 1.165) is 30.6 Å². The SMILES string of the molecule is NCC1(NC(=O)c2ccc3c(c2)CCO3)CC1. The van der Waals surface area contributed by atoms with Gasteiger partial charge >= 0.3 is 0 Å². The summed E-state index contributed by atoms with van der Waals surface area (Å²) < 4.78 is 5.42. The Morgan fingerprint density at radius 2 is 2.29 bits per heavy atom. The van der Waals surface area contributed by atoms with Crippen LogP contribution in [-0.4, -0.2) is 24.6 Å². The molecule has 4 heteroatoms. The van der Waals surface area contributed by atoms with Crippen molar-refractivity contribution in [3.8, 4) is 5.75 Å². The van der Waals surface area contributed by atoms with E-state index in [4.69, 9.17) is 10.5 Å². The van der Waals surface area contributed by atoms with Gasteiger partial charge in [0.1, 0.15) is 5.75 Å². The van der Waals surface area contributed by atoms with Gasteiger partial charge in [-0.25, -0.2) is 0 Å². The quantitative estimate of drug-likeness (QED) is 0.811. The fourth-order valence-corrected chi connectivity index (χ4v) is 2.17. The Bertz CT molecular complexity index is 466. The molecule has 0 atom stereocenters. The molecule has 1 saturated carbocycles. The number of fused-ring (bicyclic) bond motifs is 1. The fraction of sp³-hybridized carbons (Fsp3) is 0.462. The second-order valence-corrected chi connectivity index (χ2v) is 4.86. The lowest BCUT2D eigenvalue weighted by atomic mass is 10.1. The Labute approximate surface area is 100 Å². The number of ether oxygens (including phenoxy) is 1. The van der Waals surface area contributed by atoms with E-state index >= 15 is 0 Å². The van der Waals surface area contributed by atoms with Gasteiger partial charge in [-0.2, -0.15) is 0 Å². The molecule has 0 spiro atoms. The zero-order chi connectivity index (χ0) is 11.9. The lowest BCUT2D eigenvalue weighted by molar-refractivity contribution is 0.0933. The molecule has 1 amide bonds. The summed E-state index contributed by atoms with van der Waals surface area (Å²) in [7, 11) is 0. The lowest BCUT2D eigenvalue weighted by Crippen LogP contribution is -2.42. The van der Waals surface area contributed by atoms with Gasteiger partial charge in [0, 0.05) is 18.5 Å². The summed E-state index contributed by atoms with van der Waals surface area (Å²) in [5, 5.41) is 3.02. The van der Waals surface area contributed by atoms with E-state index < -0.39 is 0 Å². The van der Waals surface area contributed by atoms with Crippen molar-refractivity contribution in [3.05, 3.63) is 29.3 Å². The number of benzene rings is 1. The van der Waals surface area contributed by atoms with Gasteiger partial charge in [-0.1, -0.05) is 0 Å². The minimum absolute atomic E-state index is 0.0253. The monoisotopic (exact) mass is 232 g/mol. The summed E-state index contributed by atoms with van der Waals surface area (Å²) in [4.78, 5) is 12.1. The Morgan fingerprint density at radius 1 is 1.47 bits per heavy atom. The van der Waals surface area contributed by atoms with Crippen LogP contribution in [-0.2, 0) is 6.42 Å². The van der Waals surface area contributed by atoms with Gasteiger partial charge in [-0.05, 0) is 36.6 Å². The molecule has 1 aromatic carbocycles. The Balaban J connectivity index is 1.78. The van der Waals surface area contributed by atoms with Crippen molar-refractivity contribution in [3.63, 3.8) is 0 Å². The molecule has 90 valence electrons. The highest BCUT2D eigenvalue weighted by atomic mass is 16.5. The van der Waals surface area contributed by atoms with Crippen LogP contribution in [0.3, 0.4) is 0 Å². The van der Waals surface area contributed by atoms with Crippen molar-refractivity contribution in [2.75, 3.05) is 13.2 Å². The molecular weight excluding hydrogens is 216 g/mol. The number of amides is 1. The summed E-state index contributed by atoms with van der Waals surface area (Å²) in [6.45, 7) is 1.24. The van der Waals surface area contributed by atoms with Crippen LogP contribution >= 0.6 is 0 Å². The topological polar surface area (TPSA) is 64.3 Å². The maximum atomic E-state index is 12.1. The predicted octanol–water partition coefficient (Wildman–Crippen LogP) is 0.843. The number of carbonyl (C=O) groups excluding carboxylic acids is 1. The molecule has 0 unspecified atom stereocenters. The van der Waals surface area contributed by atoms with Crippen molar-refractivity contribution < 1.29 is 9.53 Å². The highest BCUT2D eigenvalue weighted by molar-refractivity contribution is 5.95. The van der Waals surface area contributed by atoms with E-state index in [9.17, 15) is 4.79 Å². The lowest BCUT2D eigenvalue weighted by Gasteiger charge is -2.15. The zero-order valence-corrected chi connectivity index (χ0v) is 9.66. The van der Waals surface area contributed by atoms with Crippen LogP contribution in [0.4, 0.5) is 0 Å². The first kappa shape index (κ1) is 10.6. The number of nitrogens with one attached hydrogen (secondary N) is 1. The molecule has 1 fully saturated rings. The normalized spacial score (nSPS) is 19.4. The summed E-state index contributed by atoms with van der Waals surface area (Å²) in [5.41, 5.74) is 7.34. The number of rotatable bonds is 3. The van der Waals surface area contributed by atoms with Gasteiger partial charge in [0.15, 0.2) is 0 Å². The largest absolute Gasteiger partial charge is 0.493 e. The molecule has 0 bridgehead atoms. The van der Waals surface area contributed by atoms with E-state index in [1.165, 1.54) is 0 Å². The number of hydrogen-bond acceptors (Lipinski definition) is 3. The maximum absolute atomic E-state index is 12.1. The Hall–Kier alpha value is -1.55. The zero-order valence-electron chi connectivity index (χ0n) is 9.66. The second-order valence-electron chi connectivity index (χ2n) is 4.86. The molecule has 17 heavy (non-hydrogen) atoms. The summed E-state index contributed by atoms with van der Waals surface area (Å²) in [6.07, 6.45) is 2.87. The predicted molar refractivity (Wildman–Crippen MR) is 64.1 cm³/mol. The van der Waals surface area contributed by atoms with Gasteiger partial charge in [0.25, 0.3) is 5.91 Å². The molecule has 0 radical (unpaired) electrons. The molecule has 2 aliphatic rings. The average Bonchev–Trinajstić information content (AvgIpc) is 2.96. The van der Waals surface area contributed by atoms with Crippen LogP contribution in [0.1, 0.15) is 28.8 Å². The van der Waals surface area contributed by atoms with E-state index in [2.05, 4.69) is 5.32 Å². The molecule has 1 aromatic rings. The summed E-state index contributed by atoms with van der Waals surface area (Å²) in [6, 6.07) is 5.61. The first-order valence-corrected chi connectivity index (χ1v) is 6.01. The highest BCUT2D eigenvalue weighted by Gasteiger charge is 2.42. The molecule has 3 rings (SSSR count). The molecule has 4 nitrogen and oxygen atoms in total. The van der Waals surface area contributed by atoms with Crippen molar-refractivity contribution in [1.29, 1.82) is 0 Å². The third-order valence-electron chi connectivity index (χ3n) is 3.57. The number of nitrogens with two attached hydrogens (primary N) is 1. The summed E-state index contributed by atoms with van der Waals surface area (Å²) in [5.74, 6) is 0.879. The van der Waals surface area contributed by atoms with Crippen molar-refractivity contribution in [1.82, 2.24) is 5.32 Å². The smallest absolute Gasteiger partial charge is 0.251 e. The van der Waals surface area contributed by atoms with Gasteiger partial charge in [0.05, 0.1) is 12.1 Å². The van der Waals surface area contributed by atoms with E-state index in [1.807, 2.05) is 18.2 Å². The average molecular weight is 232 g/mol. The van der Waals surface area contributed by atoms with Crippen LogP contribution < -0.4 is 15.8 Å². The van der Waals surface area contributed by atoms with E-state index in [0.29, 0.717) is 18.7 Å². The second kappa shape index (κ2) is 3.74. The minimum Gasteiger partial charge on any atom is -0.493 e. The van der Waals surface area contributed by atoms with Gasteiger partial charge in [-0.3, -0.25) is 4.79 Å². The van der Waals surface area contributed by atoms with Gasteiger partial charge < -0.3 is 15.8 Å².